The highest BCUT2D eigenvalue weighted by Gasteiger charge is 2.52. The Bertz CT molecular complexity index is 404. The van der Waals surface area contributed by atoms with E-state index in [2.05, 4.69) is 19.1 Å². The number of allylic oxidation sites excluding steroid dienone is 2. The second-order valence-corrected chi connectivity index (χ2v) is 10.3. The van der Waals surface area contributed by atoms with Crippen LogP contribution in [-0.2, 0) is 4.57 Å². The van der Waals surface area contributed by atoms with Crippen LogP contribution in [0.5, 0.6) is 0 Å². The van der Waals surface area contributed by atoms with Crippen molar-refractivity contribution in [2.24, 2.45) is 0 Å². The molecule has 27 heavy (non-hydrogen) atoms. The fraction of sp³-hybridized carbons (Fsp3) is 0.913. The third-order valence-electron chi connectivity index (χ3n) is 5.99. The maximum Gasteiger partial charge on any atom is 0.376 e. The third-order valence-corrected chi connectivity index (χ3v) is 7.81. The maximum absolute atomic E-state index is 11.9. The average Bonchev–Trinajstić information content (AvgIpc) is 2.60. The van der Waals surface area contributed by atoms with Gasteiger partial charge in [-0.3, -0.25) is 4.48 Å². The molecule has 2 unspecified atom stereocenters. The number of unbranched alkanes of at least 4 members (excludes halogenated alkanes) is 11. The molecule has 0 aromatic carbocycles. The van der Waals surface area contributed by atoms with Crippen molar-refractivity contribution in [2.45, 2.75) is 115 Å². The summed E-state index contributed by atoms with van der Waals surface area (Å²) < 4.78 is 12.4. The molecule has 0 spiro atoms. The minimum Gasteiger partial charge on any atom is -0.590 e. The third kappa shape index (κ3) is 11.4. The van der Waals surface area contributed by atoms with Crippen LogP contribution >= 0.6 is 8.03 Å². The van der Waals surface area contributed by atoms with Crippen molar-refractivity contribution in [3.05, 3.63) is 12.2 Å². The van der Waals surface area contributed by atoms with Gasteiger partial charge >= 0.3 is 8.03 Å². The highest BCUT2D eigenvalue weighted by atomic mass is 31.1. The first-order valence-electron chi connectivity index (χ1n) is 11.4. The van der Waals surface area contributed by atoms with Crippen LogP contribution in [0.4, 0.5) is 0 Å². The molecule has 0 radical (unpaired) electrons. The van der Waals surface area contributed by atoms with Crippen molar-refractivity contribution in [3.63, 3.8) is 0 Å². The molecular formula is C23H47NO2P+. The van der Waals surface area contributed by atoms with Crippen molar-refractivity contribution in [1.82, 2.24) is 0 Å². The summed E-state index contributed by atoms with van der Waals surface area (Å²) >= 11 is 0. The molecule has 0 saturated carbocycles. The monoisotopic (exact) mass is 400 g/mol. The number of quaternary nitrogens is 1. The first-order valence-corrected chi connectivity index (χ1v) is 12.6. The largest absolute Gasteiger partial charge is 0.590 e. The zero-order chi connectivity index (χ0) is 20.6. The SMILES string of the molecule is CCCCCCC/C=C\CCCCCCCCC(CC)([P+](=O)[O-])[N+](C)(C)C. The number of hydrogen-bond donors (Lipinski definition) is 0. The molecule has 0 bridgehead atoms. The summed E-state index contributed by atoms with van der Waals surface area (Å²) in [4.78, 5) is 11.9. The van der Waals surface area contributed by atoms with Gasteiger partial charge in [0.15, 0.2) is 0 Å². The molecule has 0 aliphatic heterocycles. The molecule has 0 aliphatic carbocycles. The minimum absolute atomic E-state index is 0.507. The zero-order valence-electron chi connectivity index (χ0n) is 19.0. The van der Waals surface area contributed by atoms with E-state index < -0.39 is 13.3 Å². The van der Waals surface area contributed by atoms with Crippen LogP contribution in [0, 0.1) is 0 Å². The molecular weight excluding hydrogens is 353 g/mol. The number of rotatable bonds is 18. The predicted octanol–water partition coefficient (Wildman–Crippen LogP) is 6.94. The van der Waals surface area contributed by atoms with E-state index in [9.17, 15) is 9.46 Å². The Labute approximate surface area is 171 Å². The van der Waals surface area contributed by atoms with Gasteiger partial charge in [0.25, 0.3) is 5.28 Å². The Morgan fingerprint density at radius 3 is 1.63 bits per heavy atom. The average molecular weight is 401 g/mol. The summed E-state index contributed by atoms with van der Waals surface area (Å²) in [5.41, 5.74) is 0. The summed E-state index contributed by atoms with van der Waals surface area (Å²) in [6.45, 7) is 4.27. The summed E-state index contributed by atoms with van der Waals surface area (Å²) in [7, 11) is 3.61. The predicted molar refractivity (Wildman–Crippen MR) is 118 cm³/mol. The Hall–Kier alpha value is -0.240. The van der Waals surface area contributed by atoms with Gasteiger partial charge in [-0.1, -0.05) is 81.9 Å². The van der Waals surface area contributed by atoms with Crippen molar-refractivity contribution in [1.29, 1.82) is 0 Å². The first-order chi connectivity index (χ1) is 12.8. The zero-order valence-corrected chi connectivity index (χ0v) is 19.9. The minimum atomic E-state index is -2.41. The van der Waals surface area contributed by atoms with E-state index in [1.54, 1.807) is 0 Å². The van der Waals surface area contributed by atoms with Gasteiger partial charge in [-0.2, -0.15) is 0 Å². The summed E-state index contributed by atoms with van der Waals surface area (Å²) in [6.07, 6.45) is 22.8. The standard InChI is InChI=1S/C23H47NO2P/c1-6-8-9-10-11-12-13-14-15-16-17-18-19-20-21-22-23(7-2,27(25)26)24(3,4)5/h13-14H,6-12,15-22H2,1-5H3/q+1/b14-13-. The van der Waals surface area contributed by atoms with Crippen LogP contribution in [-0.4, -0.2) is 30.9 Å². The van der Waals surface area contributed by atoms with Crippen LogP contribution in [0.2, 0.25) is 0 Å². The molecule has 2 atom stereocenters. The van der Waals surface area contributed by atoms with Crippen LogP contribution in [0.3, 0.4) is 0 Å². The highest BCUT2D eigenvalue weighted by Crippen LogP contribution is 2.44. The molecule has 0 saturated heterocycles. The molecule has 0 fully saturated rings. The first kappa shape index (κ1) is 26.8. The topological polar surface area (TPSA) is 40.1 Å². The van der Waals surface area contributed by atoms with Gasteiger partial charge in [0.05, 0.1) is 21.1 Å². The van der Waals surface area contributed by atoms with E-state index in [0.29, 0.717) is 10.9 Å². The van der Waals surface area contributed by atoms with Crippen LogP contribution in [0.25, 0.3) is 0 Å². The summed E-state index contributed by atoms with van der Waals surface area (Å²) in [5.74, 6) is 0. The Balaban J connectivity index is 3.70. The second kappa shape index (κ2) is 15.7. The highest BCUT2D eigenvalue weighted by molar-refractivity contribution is 7.38. The van der Waals surface area contributed by atoms with Crippen molar-refractivity contribution < 1.29 is 13.9 Å². The second-order valence-electron chi connectivity index (χ2n) is 8.94. The molecule has 4 heteroatoms. The van der Waals surface area contributed by atoms with Gasteiger partial charge in [0.1, 0.15) is 0 Å². The molecule has 0 rings (SSSR count). The Morgan fingerprint density at radius 2 is 1.22 bits per heavy atom. The molecule has 0 heterocycles. The Kier molecular flexibility index (Phi) is 15.5. The lowest BCUT2D eigenvalue weighted by atomic mass is 10.0. The van der Waals surface area contributed by atoms with Gasteiger partial charge in [-0.25, -0.2) is 0 Å². The maximum atomic E-state index is 11.9. The fourth-order valence-electron chi connectivity index (χ4n) is 3.93. The smallest absolute Gasteiger partial charge is 0.376 e. The van der Waals surface area contributed by atoms with E-state index in [0.717, 1.165) is 19.3 Å². The van der Waals surface area contributed by atoms with Gasteiger partial charge in [-0.15, -0.1) is 0 Å². The number of hydrogen-bond acceptors (Lipinski definition) is 2. The van der Waals surface area contributed by atoms with Gasteiger partial charge in [-0.05, 0) is 32.1 Å². The summed E-state index contributed by atoms with van der Waals surface area (Å²) in [6, 6.07) is 0. The fourth-order valence-corrected chi connectivity index (χ4v) is 5.02. The van der Waals surface area contributed by atoms with Crippen LogP contribution < -0.4 is 4.89 Å². The van der Waals surface area contributed by atoms with Crippen molar-refractivity contribution >= 4 is 8.03 Å². The molecule has 0 amide bonds. The molecule has 3 nitrogen and oxygen atoms in total. The van der Waals surface area contributed by atoms with E-state index in [-0.39, 0.29) is 0 Å². The van der Waals surface area contributed by atoms with Crippen LogP contribution in [0.15, 0.2) is 12.2 Å². The Morgan fingerprint density at radius 1 is 0.778 bits per heavy atom. The molecule has 160 valence electrons. The van der Waals surface area contributed by atoms with Crippen molar-refractivity contribution in [3.8, 4) is 0 Å². The van der Waals surface area contributed by atoms with Gasteiger partial charge in [0.2, 0.25) is 0 Å². The lowest BCUT2D eigenvalue weighted by Crippen LogP contribution is -2.55. The van der Waals surface area contributed by atoms with Crippen LogP contribution in [0.1, 0.15) is 110 Å². The van der Waals surface area contributed by atoms with Gasteiger partial charge < -0.3 is 4.89 Å². The lowest BCUT2D eigenvalue weighted by molar-refractivity contribution is -0.910. The van der Waals surface area contributed by atoms with E-state index >= 15 is 0 Å². The normalized spacial score (nSPS) is 15.3. The van der Waals surface area contributed by atoms with E-state index in [1.165, 1.54) is 70.6 Å². The van der Waals surface area contributed by atoms with Gasteiger partial charge in [0, 0.05) is 12.8 Å². The lowest BCUT2D eigenvalue weighted by Gasteiger charge is -2.39. The van der Waals surface area contributed by atoms with E-state index in [1.807, 2.05) is 28.1 Å². The summed E-state index contributed by atoms with van der Waals surface area (Å²) in [5, 5.41) is -0.601. The molecule has 0 aromatic heterocycles. The number of nitrogens with zero attached hydrogens (tertiary/aromatic N) is 1. The molecule has 0 aromatic rings. The molecule has 0 aliphatic rings. The van der Waals surface area contributed by atoms with Crippen molar-refractivity contribution in [2.75, 3.05) is 21.1 Å². The van der Waals surface area contributed by atoms with E-state index in [4.69, 9.17) is 0 Å². The molecule has 0 N–H and O–H groups in total. The quantitative estimate of drug-likeness (QED) is 0.108.